The third-order valence-electron chi connectivity index (χ3n) is 3.21. The van der Waals surface area contributed by atoms with Gasteiger partial charge in [0.2, 0.25) is 0 Å². The van der Waals surface area contributed by atoms with Gasteiger partial charge in [0, 0.05) is 19.9 Å². The second-order valence-corrected chi connectivity index (χ2v) is 4.37. The zero-order chi connectivity index (χ0) is 11.6. The van der Waals surface area contributed by atoms with E-state index in [1.807, 2.05) is 14.0 Å². The second-order valence-electron chi connectivity index (χ2n) is 4.37. The molecule has 0 aliphatic heterocycles. The molecule has 0 N–H and O–H groups in total. The molecule has 1 aromatic rings. The fourth-order valence-electron chi connectivity index (χ4n) is 2.46. The molecule has 4 heteroatoms. The molecule has 1 saturated carbocycles. The van der Waals surface area contributed by atoms with Crippen LogP contribution in [0.1, 0.15) is 43.0 Å². The SMILES string of the molecule is CCOC1(C(=O)c2cnn(C)c2)CCCC1. The highest BCUT2D eigenvalue weighted by atomic mass is 16.5. The summed E-state index contributed by atoms with van der Waals surface area (Å²) < 4.78 is 7.38. The van der Waals surface area contributed by atoms with Gasteiger partial charge < -0.3 is 4.74 Å². The van der Waals surface area contributed by atoms with Crippen LogP contribution in [0.25, 0.3) is 0 Å². The summed E-state index contributed by atoms with van der Waals surface area (Å²) >= 11 is 0. The van der Waals surface area contributed by atoms with Gasteiger partial charge in [-0.3, -0.25) is 9.48 Å². The van der Waals surface area contributed by atoms with Crippen LogP contribution in [0.2, 0.25) is 0 Å². The molecule has 1 fully saturated rings. The molecule has 88 valence electrons. The Kier molecular flexibility index (Phi) is 3.10. The number of carbonyl (C=O) groups is 1. The van der Waals surface area contributed by atoms with E-state index in [1.165, 1.54) is 0 Å². The van der Waals surface area contributed by atoms with Gasteiger partial charge in [-0.1, -0.05) is 0 Å². The van der Waals surface area contributed by atoms with Gasteiger partial charge in [-0.25, -0.2) is 0 Å². The molecule has 2 rings (SSSR count). The lowest BCUT2D eigenvalue weighted by molar-refractivity contribution is -0.0163. The normalized spacial score (nSPS) is 18.9. The fourth-order valence-corrected chi connectivity index (χ4v) is 2.46. The van der Waals surface area contributed by atoms with Gasteiger partial charge in [0.1, 0.15) is 5.60 Å². The smallest absolute Gasteiger partial charge is 0.197 e. The second kappa shape index (κ2) is 4.37. The number of nitrogens with zero attached hydrogens (tertiary/aromatic N) is 2. The average molecular weight is 222 g/mol. The Bertz CT molecular complexity index is 378. The first-order chi connectivity index (χ1) is 7.68. The summed E-state index contributed by atoms with van der Waals surface area (Å²) in [6.07, 6.45) is 7.23. The lowest BCUT2D eigenvalue weighted by atomic mass is 9.92. The summed E-state index contributed by atoms with van der Waals surface area (Å²) in [5, 5.41) is 4.04. The molecular weight excluding hydrogens is 204 g/mol. The highest BCUT2D eigenvalue weighted by Gasteiger charge is 2.42. The van der Waals surface area contributed by atoms with Crippen LogP contribution in [0.5, 0.6) is 0 Å². The van der Waals surface area contributed by atoms with Crippen molar-refractivity contribution in [2.45, 2.75) is 38.2 Å². The maximum atomic E-state index is 12.4. The van der Waals surface area contributed by atoms with E-state index in [4.69, 9.17) is 4.74 Å². The number of ketones is 1. The number of ether oxygens (including phenoxy) is 1. The molecule has 0 amide bonds. The topological polar surface area (TPSA) is 44.1 Å². The molecule has 0 atom stereocenters. The fraction of sp³-hybridized carbons (Fsp3) is 0.667. The van der Waals surface area contributed by atoms with Crippen molar-refractivity contribution in [1.82, 2.24) is 9.78 Å². The van der Waals surface area contributed by atoms with Crippen molar-refractivity contribution in [2.24, 2.45) is 7.05 Å². The molecule has 0 aromatic carbocycles. The van der Waals surface area contributed by atoms with Gasteiger partial charge in [0.25, 0.3) is 0 Å². The van der Waals surface area contributed by atoms with Gasteiger partial charge >= 0.3 is 0 Å². The summed E-state index contributed by atoms with van der Waals surface area (Å²) in [4.78, 5) is 12.4. The molecule has 0 spiro atoms. The molecule has 16 heavy (non-hydrogen) atoms. The van der Waals surface area contributed by atoms with Crippen molar-refractivity contribution in [3.63, 3.8) is 0 Å². The number of Topliss-reactive ketones (excluding diaryl/α,β-unsaturated/α-hetero) is 1. The molecule has 0 bridgehead atoms. The van der Waals surface area contributed by atoms with Crippen LogP contribution in [0.4, 0.5) is 0 Å². The minimum Gasteiger partial charge on any atom is -0.367 e. The van der Waals surface area contributed by atoms with E-state index in [0.717, 1.165) is 25.7 Å². The first-order valence-corrected chi connectivity index (χ1v) is 5.85. The molecule has 0 unspecified atom stereocenters. The van der Waals surface area contributed by atoms with Crippen molar-refractivity contribution in [3.8, 4) is 0 Å². The van der Waals surface area contributed by atoms with Crippen molar-refractivity contribution in [3.05, 3.63) is 18.0 Å². The van der Waals surface area contributed by atoms with Gasteiger partial charge in [-0.2, -0.15) is 5.10 Å². The number of aryl methyl sites for hydroxylation is 1. The van der Waals surface area contributed by atoms with E-state index in [0.29, 0.717) is 12.2 Å². The van der Waals surface area contributed by atoms with Crippen LogP contribution in [-0.2, 0) is 11.8 Å². The molecule has 1 aromatic heterocycles. The largest absolute Gasteiger partial charge is 0.367 e. The zero-order valence-electron chi connectivity index (χ0n) is 9.90. The lowest BCUT2D eigenvalue weighted by Crippen LogP contribution is -2.38. The maximum absolute atomic E-state index is 12.4. The Morgan fingerprint density at radius 3 is 2.75 bits per heavy atom. The Hall–Kier alpha value is -1.16. The molecule has 1 aliphatic rings. The summed E-state index contributed by atoms with van der Waals surface area (Å²) in [5.74, 6) is 0.0972. The Labute approximate surface area is 95.6 Å². The standard InChI is InChI=1S/C12H18N2O2/c1-3-16-12(6-4-5-7-12)11(15)10-8-13-14(2)9-10/h8-9H,3-7H2,1-2H3. The van der Waals surface area contributed by atoms with Crippen LogP contribution < -0.4 is 0 Å². The minimum absolute atomic E-state index is 0.0972. The summed E-state index contributed by atoms with van der Waals surface area (Å²) in [5.41, 5.74) is 0.0930. The third-order valence-corrected chi connectivity index (χ3v) is 3.21. The number of hydrogen-bond acceptors (Lipinski definition) is 3. The van der Waals surface area contributed by atoms with Crippen molar-refractivity contribution >= 4 is 5.78 Å². The van der Waals surface area contributed by atoms with Crippen LogP contribution in [-0.4, -0.2) is 27.8 Å². The summed E-state index contributed by atoms with van der Waals surface area (Å²) in [6, 6.07) is 0. The van der Waals surface area contributed by atoms with Crippen LogP contribution in [0.15, 0.2) is 12.4 Å². The molecule has 0 saturated heterocycles. The lowest BCUT2D eigenvalue weighted by Gasteiger charge is -2.26. The Balaban J connectivity index is 2.23. The van der Waals surface area contributed by atoms with E-state index < -0.39 is 5.60 Å². The summed E-state index contributed by atoms with van der Waals surface area (Å²) in [7, 11) is 1.82. The van der Waals surface area contributed by atoms with Crippen LogP contribution >= 0.6 is 0 Å². The first kappa shape index (κ1) is 11.3. The van der Waals surface area contributed by atoms with E-state index >= 15 is 0 Å². The molecular formula is C12H18N2O2. The Morgan fingerprint density at radius 2 is 2.25 bits per heavy atom. The monoisotopic (exact) mass is 222 g/mol. The van der Waals surface area contributed by atoms with E-state index in [9.17, 15) is 4.79 Å². The van der Waals surface area contributed by atoms with Crippen LogP contribution in [0, 0.1) is 0 Å². The predicted octanol–water partition coefficient (Wildman–Crippen LogP) is 1.95. The van der Waals surface area contributed by atoms with E-state index in [1.54, 1.807) is 17.1 Å². The number of rotatable bonds is 4. The van der Waals surface area contributed by atoms with Gasteiger partial charge in [-0.05, 0) is 32.6 Å². The zero-order valence-corrected chi connectivity index (χ0v) is 9.90. The van der Waals surface area contributed by atoms with Crippen molar-refractivity contribution in [1.29, 1.82) is 0 Å². The highest BCUT2D eigenvalue weighted by molar-refractivity contribution is 6.02. The molecule has 0 radical (unpaired) electrons. The third kappa shape index (κ3) is 1.89. The number of carbonyl (C=O) groups excluding carboxylic acids is 1. The quantitative estimate of drug-likeness (QED) is 0.731. The predicted molar refractivity (Wildman–Crippen MR) is 60.4 cm³/mol. The maximum Gasteiger partial charge on any atom is 0.197 e. The first-order valence-electron chi connectivity index (χ1n) is 5.85. The molecule has 1 heterocycles. The average Bonchev–Trinajstić information content (AvgIpc) is 2.87. The Morgan fingerprint density at radius 1 is 1.56 bits per heavy atom. The van der Waals surface area contributed by atoms with E-state index in [2.05, 4.69) is 5.10 Å². The van der Waals surface area contributed by atoms with Gasteiger partial charge in [-0.15, -0.1) is 0 Å². The summed E-state index contributed by atoms with van der Waals surface area (Å²) in [6.45, 7) is 2.53. The van der Waals surface area contributed by atoms with Crippen LogP contribution in [0.3, 0.4) is 0 Å². The number of hydrogen-bond donors (Lipinski definition) is 0. The van der Waals surface area contributed by atoms with Crippen molar-refractivity contribution < 1.29 is 9.53 Å². The minimum atomic E-state index is -0.572. The number of aromatic nitrogens is 2. The molecule has 4 nitrogen and oxygen atoms in total. The van der Waals surface area contributed by atoms with Gasteiger partial charge in [0.05, 0.1) is 11.8 Å². The van der Waals surface area contributed by atoms with Crippen molar-refractivity contribution in [2.75, 3.05) is 6.61 Å². The van der Waals surface area contributed by atoms with Gasteiger partial charge in [0.15, 0.2) is 5.78 Å². The van der Waals surface area contributed by atoms with E-state index in [-0.39, 0.29) is 5.78 Å². The highest BCUT2D eigenvalue weighted by Crippen LogP contribution is 2.36. The molecule has 1 aliphatic carbocycles.